The lowest BCUT2D eigenvalue weighted by molar-refractivity contribution is -0.385. The second kappa shape index (κ2) is 3.75. The standard InChI is InChI=1S/C7H8ClN3O3/c1-3-4-5(11(13)14)6(7(8)12)10(2)9-4/h3H2,1-2H3. The van der Waals surface area contributed by atoms with Crippen molar-refractivity contribution in [2.24, 2.45) is 7.05 Å². The van der Waals surface area contributed by atoms with E-state index in [4.69, 9.17) is 11.6 Å². The monoisotopic (exact) mass is 217 g/mol. The van der Waals surface area contributed by atoms with E-state index < -0.39 is 10.2 Å². The summed E-state index contributed by atoms with van der Waals surface area (Å²) in [5.41, 5.74) is -0.204. The van der Waals surface area contributed by atoms with Gasteiger partial charge in [-0.1, -0.05) is 6.92 Å². The number of nitrogens with zero attached hydrogens (tertiary/aromatic N) is 3. The van der Waals surface area contributed by atoms with E-state index in [0.717, 1.165) is 4.68 Å². The van der Waals surface area contributed by atoms with Gasteiger partial charge in [0.05, 0.1) is 4.92 Å². The maximum absolute atomic E-state index is 10.9. The van der Waals surface area contributed by atoms with Crippen LogP contribution in [0.25, 0.3) is 0 Å². The smallest absolute Gasteiger partial charge is 0.274 e. The van der Waals surface area contributed by atoms with Crippen LogP contribution >= 0.6 is 11.6 Å². The first kappa shape index (κ1) is 10.6. The lowest BCUT2D eigenvalue weighted by Gasteiger charge is -1.92. The summed E-state index contributed by atoms with van der Waals surface area (Å²) in [5, 5.41) is 13.6. The Labute approximate surface area is 84.6 Å². The molecule has 0 saturated carbocycles. The molecule has 1 heterocycles. The molecule has 0 saturated heterocycles. The summed E-state index contributed by atoms with van der Waals surface area (Å²) in [7, 11) is 1.45. The molecule has 0 fully saturated rings. The summed E-state index contributed by atoms with van der Waals surface area (Å²) >= 11 is 5.22. The number of nitro groups is 1. The fourth-order valence-electron chi connectivity index (χ4n) is 1.22. The molecule has 0 bridgehead atoms. The fourth-order valence-corrected chi connectivity index (χ4v) is 1.43. The molecular weight excluding hydrogens is 210 g/mol. The minimum absolute atomic E-state index is 0.173. The first-order valence-electron chi connectivity index (χ1n) is 3.89. The molecule has 0 spiro atoms. The molecule has 1 aromatic rings. The first-order chi connectivity index (χ1) is 6.49. The molecule has 0 unspecified atom stereocenters. The van der Waals surface area contributed by atoms with Gasteiger partial charge in [0.15, 0.2) is 5.69 Å². The van der Waals surface area contributed by atoms with E-state index in [0.29, 0.717) is 6.42 Å². The highest BCUT2D eigenvalue weighted by molar-refractivity contribution is 6.68. The van der Waals surface area contributed by atoms with Crippen molar-refractivity contribution >= 4 is 22.5 Å². The number of halogens is 1. The predicted molar refractivity (Wildman–Crippen MR) is 49.4 cm³/mol. The highest BCUT2D eigenvalue weighted by atomic mass is 35.5. The summed E-state index contributed by atoms with van der Waals surface area (Å²) in [5.74, 6) is 0. The van der Waals surface area contributed by atoms with E-state index in [1.165, 1.54) is 7.05 Å². The Bertz CT molecular complexity index is 399. The normalized spacial score (nSPS) is 10.2. The zero-order chi connectivity index (χ0) is 10.9. The average Bonchev–Trinajstić information content (AvgIpc) is 2.41. The third-order valence-electron chi connectivity index (χ3n) is 1.80. The van der Waals surface area contributed by atoms with Crippen molar-refractivity contribution in [1.29, 1.82) is 0 Å². The van der Waals surface area contributed by atoms with E-state index in [1.807, 2.05) is 0 Å². The van der Waals surface area contributed by atoms with Crippen LogP contribution in [-0.2, 0) is 13.5 Å². The molecular formula is C7H8ClN3O3. The summed E-state index contributed by atoms with van der Waals surface area (Å²) in [6.45, 7) is 1.72. The van der Waals surface area contributed by atoms with E-state index in [1.54, 1.807) is 6.92 Å². The minimum Gasteiger partial charge on any atom is -0.274 e. The molecule has 0 aliphatic rings. The van der Waals surface area contributed by atoms with E-state index in [-0.39, 0.29) is 17.1 Å². The van der Waals surface area contributed by atoms with Crippen molar-refractivity contribution in [1.82, 2.24) is 9.78 Å². The Morgan fingerprint density at radius 3 is 2.64 bits per heavy atom. The highest BCUT2D eigenvalue weighted by Crippen LogP contribution is 2.24. The Hall–Kier alpha value is -1.43. The van der Waals surface area contributed by atoms with Crippen LogP contribution in [0.1, 0.15) is 23.1 Å². The Morgan fingerprint density at radius 1 is 1.71 bits per heavy atom. The van der Waals surface area contributed by atoms with Crippen molar-refractivity contribution in [2.75, 3.05) is 0 Å². The van der Waals surface area contributed by atoms with E-state index >= 15 is 0 Å². The van der Waals surface area contributed by atoms with Crippen molar-refractivity contribution in [2.45, 2.75) is 13.3 Å². The van der Waals surface area contributed by atoms with Gasteiger partial charge in [-0.2, -0.15) is 5.10 Å². The molecule has 0 aliphatic heterocycles. The van der Waals surface area contributed by atoms with Gasteiger partial charge >= 0.3 is 5.69 Å². The zero-order valence-electron chi connectivity index (χ0n) is 7.65. The molecule has 1 aromatic heterocycles. The van der Waals surface area contributed by atoms with Gasteiger partial charge in [-0.3, -0.25) is 19.6 Å². The molecule has 1 rings (SSSR count). The van der Waals surface area contributed by atoms with Crippen LogP contribution < -0.4 is 0 Å². The number of aryl methyl sites for hydroxylation is 2. The van der Waals surface area contributed by atoms with E-state index in [9.17, 15) is 14.9 Å². The van der Waals surface area contributed by atoms with Gasteiger partial charge in [0.2, 0.25) is 0 Å². The molecule has 0 N–H and O–H groups in total. The third kappa shape index (κ3) is 1.60. The zero-order valence-corrected chi connectivity index (χ0v) is 8.41. The van der Waals surface area contributed by atoms with Crippen LogP contribution in [-0.4, -0.2) is 19.9 Å². The molecule has 14 heavy (non-hydrogen) atoms. The molecule has 0 amide bonds. The van der Waals surface area contributed by atoms with Crippen LogP contribution in [0.4, 0.5) is 5.69 Å². The number of carbonyl (C=O) groups excluding carboxylic acids is 1. The predicted octanol–water partition coefficient (Wildman–Crippen LogP) is 1.27. The summed E-state index contributed by atoms with van der Waals surface area (Å²) in [6.07, 6.45) is 0.383. The third-order valence-corrected chi connectivity index (χ3v) is 1.97. The summed E-state index contributed by atoms with van der Waals surface area (Å²) in [4.78, 5) is 20.9. The SMILES string of the molecule is CCc1nn(C)c(C(=O)Cl)c1[N+](=O)[O-]. The van der Waals surface area contributed by atoms with Crippen LogP contribution in [0.15, 0.2) is 0 Å². The van der Waals surface area contributed by atoms with Gasteiger partial charge < -0.3 is 0 Å². The topological polar surface area (TPSA) is 78.0 Å². The van der Waals surface area contributed by atoms with Crippen molar-refractivity contribution in [3.8, 4) is 0 Å². The Kier molecular flexibility index (Phi) is 2.85. The number of hydrogen-bond donors (Lipinski definition) is 0. The van der Waals surface area contributed by atoms with Crippen molar-refractivity contribution in [3.63, 3.8) is 0 Å². The Morgan fingerprint density at radius 2 is 2.29 bits per heavy atom. The Balaban J connectivity index is 3.46. The van der Waals surface area contributed by atoms with Gasteiger partial charge in [0.1, 0.15) is 5.69 Å². The highest BCUT2D eigenvalue weighted by Gasteiger charge is 2.29. The molecule has 6 nitrogen and oxygen atoms in total. The van der Waals surface area contributed by atoms with Crippen LogP contribution in [0, 0.1) is 10.1 Å². The quantitative estimate of drug-likeness (QED) is 0.434. The molecule has 0 atom stereocenters. The molecule has 0 radical (unpaired) electrons. The van der Waals surface area contributed by atoms with E-state index in [2.05, 4.69) is 5.10 Å². The number of aromatic nitrogens is 2. The molecule has 7 heteroatoms. The fraction of sp³-hybridized carbons (Fsp3) is 0.429. The molecule has 76 valence electrons. The first-order valence-corrected chi connectivity index (χ1v) is 4.26. The van der Waals surface area contributed by atoms with Gasteiger partial charge in [-0.05, 0) is 18.0 Å². The van der Waals surface area contributed by atoms with Crippen LogP contribution in [0.2, 0.25) is 0 Å². The van der Waals surface area contributed by atoms with Gasteiger partial charge in [-0.15, -0.1) is 0 Å². The van der Waals surface area contributed by atoms with Gasteiger partial charge in [0.25, 0.3) is 5.24 Å². The second-order valence-corrected chi connectivity index (χ2v) is 3.00. The summed E-state index contributed by atoms with van der Waals surface area (Å²) in [6, 6.07) is 0. The number of carbonyl (C=O) groups is 1. The summed E-state index contributed by atoms with van der Waals surface area (Å²) < 4.78 is 1.13. The number of hydrogen-bond acceptors (Lipinski definition) is 4. The van der Waals surface area contributed by atoms with Gasteiger partial charge in [0, 0.05) is 7.05 Å². The second-order valence-electron chi connectivity index (χ2n) is 2.65. The maximum atomic E-state index is 10.9. The lowest BCUT2D eigenvalue weighted by atomic mass is 10.2. The number of rotatable bonds is 3. The largest absolute Gasteiger partial charge is 0.322 e. The molecule has 0 aromatic carbocycles. The van der Waals surface area contributed by atoms with Crippen LogP contribution in [0.3, 0.4) is 0 Å². The lowest BCUT2D eigenvalue weighted by Crippen LogP contribution is -2.03. The minimum atomic E-state index is -0.869. The van der Waals surface area contributed by atoms with Crippen molar-refractivity contribution < 1.29 is 9.72 Å². The average molecular weight is 218 g/mol. The van der Waals surface area contributed by atoms with Crippen LogP contribution in [0.5, 0.6) is 0 Å². The van der Waals surface area contributed by atoms with Crippen molar-refractivity contribution in [3.05, 3.63) is 21.5 Å². The molecule has 0 aliphatic carbocycles. The van der Waals surface area contributed by atoms with Gasteiger partial charge in [-0.25, -0.2) is 0 Å². The maximum Gasteiger partial charge on any atom is 0.322 e.